The minimum absolute atomic E-state index is 0.0668. The number of carbonyl (C=O) groups is 1. The molecule has 0 radical (unpaired) electrons. The molecule has 0 unspecified atom stereocenters. The monoisotopic (exact) mass is 703 g/mol. The van der Waals surface area contributed by atoms with Crippen LogP contribution < -0.4 is 5.32 Å². The van der Waals surface area contributed by atoms with E-state index in [-0.39, 0.29) is 23.1 Å². The predicted octanol–water partition coefficient (Wildman–Crippen LogP) is 9.28. The number of fused-ring (bicyclic) bond motifs is 1. The molecule has 2 atom stereocenters. The van der Waals surface area contributed by atoms with Crippen LogP contribution in [0.1, 0.15) is 64.7 Å². The molecule has 0 spiro atoms. The zero-order valence-electron chi connectivity index (χ0n) is 31.4. The van der Waals surface area contributed by atoms with Gasteiger partial charge in [-0.1, -0.05) is 112 Å². The van der Waals surface area contributed by atoms with Crippen LogP contribution >= 0.6 is 0 Å². The van der Waals surface area contributed by atoms with E-state index in [1.165, 1.54) is 0 Å². The number of nitrogens with zero attached hydrogens (tertiary/aromatic N) is 4. The summed E-state index contributed by atoms with van der Waals surface area (Å²) in [5, 5.41) is 3.85. The summed E-state index contributed by atoms with van der Waals surface area (Å²) in [6, 6.07) is 33.6. The van der Waals surface area contributed by atoms with Crippen molar-refractivity contribution >= 4 is 20.2 Å². The van der Waals surface area contributed by atoms with Gasteiger partial charge in [0.15, 0.2) is 8.32 Å². The number of hydrogen-bond acceptors (Lipinski definition) is 6. The van der Waals surface area contributed by atoms with Crippen LogP contribution in [0.25, 0.3) is 11.4 Å². The van der Waals surface area contributed by atoms with E-state index in [4.69, 9.17) is 19.1 Å². The van der Waals surface area contributed by atoms with Crippen molar-refractivity contribution in [3.63, 3.8) is 0 Å². The molecule has 268 valence electrons. The Labute approximate surface area is 304 Å². The first-order chi connectivity index (χ1) is 24.2. The summed E-state index contributed by atoms with van der Waals surface area (Å²) in [6.45, 7) is 18.7. The highest BCUT2D eigenvalue weighted by Crippen LogP contribution is 2.44. The number of nitrogens with one attached hydrogen (secondary N) is 1. The van der Waals surface area contributed by atoms with Crippen LogP contribution in [0.5, 0.6) is 0 Å². The Balaban J connectivity index is 1.39. The maximum atomic E-state index is 13.5. The van der Waals surface area contributed by atoms with E-state index >= 15 is 0 Å². The molecular formula is C42H53N5O3Si. The third-order valence-corrected chi connectivity index (χ3v) is 14.9. The lowest BCUT2D eigenvalue weighted by Gasteiger charge is -2.42. The summed E-state index contributed by atoms with van der Waals surface area (Å²) >= 11 is 0. The minimum Gasteiger partial charge on any atom is -0.444 e. The number of likely N-dealkylation sites (tertiary alicyclic amines) is 1. The van der Waals surface area contributed by atoms with Crippen LogP contribution in [0.3, 0.4) is 0 Å². The van der Waals surface area contributed by atoms with Gasteiger partial charge in [-0.15, -0.1) is 0 Å². The number of aromatic nitrogens is 3. The molecule has 3 aromatic rings. The van der Waals surface area contributed by atoms with Crippen LogP contribution in [0.2, 0.25) is 18.1 Å². The molecule has 0 aromatic heterocycles. The number of hydrogen-bond donors (Lipinski definition) is 1. The number of anilines is 1. The second kappa shape index (κ2) is 14.3. The molecule has 9 heteroatoms. The Bertz CT molecular complexity index is 1770. The molecule has 51 heavy (non-hydrogen) atoms. The average molecular weight is 704 g/mol. The second-order valence-electron chi connectivity index (χ2n) is 16.4. The molecule has 1 fully saturated rings. The SMILES string of the molecule is CC(C)(C)OC(=O)N1C[C@@H](CO[Si](C)(C)C(C)(C)C)C[C@@H](Nc2ncn(C(c3ccccc3)(c3ccccc3)c3ccccc3)c3nccc2-3)C1. The summed E-state index contributed by atoms with van der Waals surface area (Å²) in [5.41, 5.74) is 2.87. The molecular weight excluding hydrogens is 651 g/mol. The van der Waals surface area contributed by atoms with E-state index in [2.05, 4.69) is 117 Å². The Morgan fingerprint density at radius 3 is 1.86 bits per heavy atom. The summed E-state index contributed by atoms with van der Waals surface area (Å²) in [7, 11) is -1.99. The zero-order chi connectivity index (χ0) is 36.4. The van der Waals surface area contributed by atoms with E-state index in [1.807, 2.05) is 62.5 Å². The fourth-order valence-corrected chi connectivity index (χ4v) is 7.98. The van der Waals surface area contributed by atoms with Crippen molar-refractivity contribution in [2.45, 2.75) is 83.3 Å². The maximum Gasteiger partial charge on any atom is 0.410 e. The average Bonchev–Trinajstić information content (AvgIpc) is 3.60. The topological polar surface area (TPSA) is 81.5 Å². The van der Waals surface area contributed by atoms with Crippen LogP contribution in [-0.4, -0.2) is 65.2 Å². The largest absolute Gasteiger partial charge is 0.444 e. The third kappa shape index (κ3) is 7.60. The summed E-state index contributed by atoms with van der Waals surface area (Å²) in [4.78, 5) is 25.4. The van der Waals surface area contributed by atoms with Gasteiger partial charge in [-0.25, -0.2) is 14.8 Å². The molecule has 3 aliphatic rings. The smallest absolute Gasteiger partial charge is 0.410 e. The molecule has 8 nitrogen and oxygen atoms in total. The maximum absolute atomic E-state index is 13.5. The number of benzene rings is 3. The standard InChI is InChI=1S/C42H53N5O3Si/c1-40(2,3)50-39(48)46-27-31(29-49-51(7,8)41(4,5)6)26-35(28-46)45-37-36-24-25-43-38(36)47(30-44-37)42(32-18-12-9-13-19-32,33-20-14-10-15-21-33)34-22-16-11-17-23-34/h9-25,30-31,35,45H,26-29H2,1-8H3/t31-,35+/m0/s1. The van der Waals surface area contributed by atoms with Crippen molar-refractivity contribution in [2.75, 3.05) is 25.0 Å². The van der Waals surface area contributed by atoms with E-state index < -0.39 is 19.5 Å². The second-order valence-corrected chi connectivity index (χ2v) is 21.2. The quantitative estimate of drug-likeness (QED) is 0.122. The first-order valence-corrected chi connectivity index (χ1v) is 21.0. The molecule has 3 heterocycles. The van der Waals surface area contributed by atoms with Gasteiger partial charge < -0.3 is 19.4 Å². The molecule has 1 N–H and O–H groups in total. The lowest BCUT2D eigenvalue weighted by Crippen LogP contribution is -2.52. The van der Waals surface area contributed by atoms with Crippen LogP contribution in [0.15, 0.2) is 110 Å². The number of carbonyl (C=O) groups excluding carboxylic acids is 1. The fraction of sp³-hybridized carbons (Fsp3) is 0.405. The van der Waals surface area contributed by atoms with Gasteiger partial charge in [0, 0.05) is 37.9 Å². The summed E-state index contributed by atoms with van der Waals surface area (Å²) in [5.74, 6) is 1.69. The Morgan fingerprint density at radius 2 is 1.35 bits per heavy atom. The Hall–Kier alpha value is -4.47. The van der Waals surface area contributed by atoms with E-state index in [0.717, 1.165) is 40.3 Å². The van der Waals surface area contributed by atoms with Gasteiger partial charge in [-0.05, 0) is 68.1 Å². The van der Waals surface area contributed by atoms with Gasteiger partial charge >= 0.3 is 6.09 Å². The molecule has 6 rings (SSSR count). The minimum atomic E-state index is -1.99. The van der Waals surface area contributed by atoms with E-state index in [1.54, 1.807) is 0 Å². The molecule has 0 aliphatic carbocycles. The number of amides is 1. The summed E-state index contributed by atoms with van der Waals surface area (Å²) in [6.07, 6.45) is 4.30. The van der Waals surface area contributed by atoms with Crippen LogP contribution in [-0.2, 0) is 14.7 Å². The van der Waals surface area contributed by atoms with Crippen molar-refractivity contribution in [1.29, 1.82) is 0 Å². The van der Waals surface area contributed by atoms with E-state index in [9.17, 15) is 4.79 Å². The highest BCUT2D eigenvalue weighted by atomic mass is 28.4. The highest BCUT2D eigenvalue weighted by molar-refractivity contribution is 6.74. The Morgan fingerprint density at radius 1 is 0.804 bits per heavy atom. The van der Waals surface area contributed by atoms with Crippen molar-refractivity contribution in [1.82, 2.24) is 19.4 Å². The molecule has 1 saturated heterocycles. The normalized spacial score (nSPS) is 17.4. The summed E-state index contributed by atoms with van der Waals surface area (Å²) < 4.78 is 14.8. The third-order valence-electron chi connectivity index (χ3n) is 10.4. The lowest BCUT2D eigenvalue weighted by molar-refractivity contribution is 0.0120. The van der Waals surface area contributed by atoms with Gasteiger partial charge in [-0.3, -0.25) is 4.57 Å². The zero-order valence-corrected chi connectivity index (χ0v) is 32.4. The number of rotatable bonds is 9. The number of piperidine rings is 1. The molecule has 1 amide bonds. The van der Waals surface area contributed by atoms with Crippen molar-refractivity contribution in [3.05, 3.63) is 126 Å². The first kappa shape index (κ1) is 36.3. The molecule has 3 aliphatic heterocycles. The van der Waals surface area contributed by atoms with Gasteiger partial charge in [0.25, 0.3) is 0 Å². The van der Waals surface area contributed by atoms with Crippen LogP contribution in [0.4, 0.5) is 10.6 Å². The van der Waals surface area contributed by atoms with Gasteiger partial charge in [0.05, 0.1) is 11.9 Å². The Kier molecular flexibility index (Phi) is 10.2. The van der Waals surface area contributed by atoms with Crippen molar-refractivity contribution < 1.29 is 14.0 Å². The lowest BCUT2D eigenvalue weighted by atomic mass is 9.76. The van der Waals surface area contributed by atoms with E-state index in [0.29, 0.717) is 19.7 Å². The van der Waals surface area contributed by atoms with Gasteiger partial charge in [-0.2, -0.15) is 0 Å². The van der Waals surface area contributed by atoms with Crippen molar-refractivity contribution in [3.8, 4) is 11.4 Å². The van der Waals surface area contributed by atoms with Crippen molar-refractivity contribution in [2.24, 2.45) is 5.92 Å². The number of ether oxygens (including phenoxy) is 1. The molecule has 0 bridgehead atoms. The predicted molar refractivity (Wildman–Crippen MR) is 208 cm³/mol. The fourth-order valence-electron chi connectivity index (χ4n) is 6.90. The molecule has 3 aromatic carbocycles. The van der Waals surface area contributed by atoms with Crippen LogP contribution in [0, 0.1) is 5.92 Å². The first-order valence-electron chi connectivity index (χ1n) is 18.1. The van der Waals surface area contributed by atoms with Gasteiger partial charge in [0.1, 0.15) is 22.8 Å². The highest BCUT2D eigenvalue weighted by Gasteiger charge is 2.42. The van der Waals surface area contributed by atoms with Gasteiger partial charge in [0.2, 0.25) is 0 Å². The molecule has 0 saturated carbocycles.